The van der Waals surface area contributed by atoms with E-state index in [0.717, 1.165) is 0 Å². The summed E-state index contributed by atoms with van der Waals surface area (Å²) < 4.78 is 5.39. The molecule has 6 unspecified atom stereocenters. The molecule has 84 valence electrons. The van der Waals surface area contributed by atoms with E-state index in [0.29, 0.717) is 0 Å². The van der Waals surface area contributed by atoms with E-state index in [2.05, 4.69) is 31.9 Å². The molecule has 15 heavy (non-hydrogen) atoms. The molecule has 7 heteroatoms. The normalized spacial score (nSPS) is 48.1. The average molecular weight is 344 g/mol. The highest BCUT2D eigenvalue weighted by molar-refractivity contribution is 9.12. The number of hydrogen-bond acceptors (Lipinski definition) is 3. The Morgan fingerprint density at radius 3 is 1.53 bits per heavy atom. The van der Waals surface area contributed by atoms with Gasteiger partial charge in [0.25, 0.3) is 0 Å². The fourth-order valence-corrected chi connectivity index (χ4v) is 3.76. The Balaban J connectivity index is 2.32. The molecule has 0 aromatic heterocycles. The number of ether oxygens (including phenoxy) is 1. The first-order valence-corrected chi connectivity index (χ1v) is 6.17. The van der Waals surface area contributed by atoms with Crippen molar-refractivity contribution in [1.82, 2.24) is 0 Å². The van der Waals surface area contributed by atoms with Crippen molar-refractivity contribution in [3.8, 4) is 0 Å². The van der Waals surface area contributed by atoms with Gasteiger partial charge < -0.3 is 14.9 Å². The Hall–Kier alpha value is -0.140. The molecule has 0 saturated carbocycles. The van der Waals surface area contributed by atoms with Gasteiger partial charge in [0, 0.05) is 0 Å². The van der Waals surface area contributed by atoms with Gasteiger partial charge in [-0.15, -0.1) is 0 Å². The zero-order valence-corrected chi connectivity index (χ0v) is 10.5. The maximum Gasteiger partial charge on any atom is 0.310 e. The molecule has 2 rings (SSSR count). The first-order valence-electron chi connectivity index (χ1n) is 4.34. The third kappa shape index (κ3) is 1.52. The monoisotopic (exact) mass is 342 g/mol. The fourth-order valence-electron chi connectivity index (χ4n) is 2.26. The van der Waals surface area contributed by atoms with Crippen molar-refractivity contribution in [2.24, 2.45) is 11.8 Å². The lowest BCUT2D eigenvalue weighted by Crippen LogP contribution is -2.47. The van der Waals surface area contributed by atoms with Crippen molar-refractivity contribution in [2.45, 2.75) is 21.9 Å². The van der Waals surface area contributed by atoms with E-state index in [4.69, 9.17) is 14.9 Å². The minimum Gasteiger partial charge on any atom is -0.481 e. The van der Waals surface area contributed by atoms with Crippen LogP contribution in [0.5, 0.6) is 0 Å². The summed E-state index contributed by atoms with van der Waals surface area (Å²) in [6.07, 6.45) is -1.14. The topological polar surface area (TPSA) is 83.8 Å². The summed E-state index contributed by atoms with van der Waals surface area (Å²) in [6.45, 7) is 0. The van der Waals surface area contributed by atoms with Gasteiger partial charge in [0.05, 0.1) is 33.7 Å². The van der Waals surface area contributed by atoms with Crippen molar-refractivity contribution < 1.29 is 24.5 Å². The smallest absolute Gasteiger partial charge is 0.310 e. The van der Waals surface area contributed by atoms with Crippen molar-refractivity contribution in [3.63, 3.8) is 0 Å². The maximum atomic E-state index is 11.0. The van der Waals surface area contributed by atoms with E-state index >= 15 is 0 Å². The number of rotatable bonds is 2. The largest absolute Gasteiger partial charge is 0.481 e. The summed E-state index contributed by atoms with van der Waals surface area (Å²) >= 11 is 6.64. The van der Waals surface area contributed by atoms with Crippen LogP contribution in [-0.4, -0.2) is 44.0 Å². The number of hydrogen-bond donors (Lipinski definition) is 2. The lowest BCUT2D eigenvalue weighted by atomic mass is 9.79. The molecule has 0 aliphatic carbocycles. The van der Waals surface area contributed by atoms with E-state index in [1.807, 2.05) is 0 Å². The maximum absolute atomic E-state index is 11.0. The van der Waals surface area contributed by atoms with Crippen molar-refractivity contribution in [1.29, 1.82) is 0 Å². The number of carboxylic acid groups (broad SMARTS) is 2. The predicted molar refractivity (Wildman–Crippen MR) is 56.3 cm³/mol. The van der Waals surface area contributed by atoms with Gasteiger partial charge >= 0.3 is 11.9 Å². The Kier molecular flexibility index (Phi) is 2.81. The summed E-state index contributed by atoms with van der Waals surface area (Å²) in [5.74, 6) is -4.16. The highest BCUT2D eigenvalue weighted by atomic mass is 79.9. The summed E-state index contributed by atoms with van der Waals surface area (Å²) in [4.78, 5) is 21.7. The first-order chi connectivity index (χ1) is 6.95. The van der Waals surface area contributed by atoms with Crippen molar-refractivity contribution >= 4 is 43.8 Å². The molecule has 0 amide bonds. The third-order valence-electron chi connectivity index (χ3n) is 2.91. The minimum atomic E-state index is -1.11. The van der Waals surface area contributed by atoms with Gasteiger partial charge in [0.15, 0.2) is 0 Å². The molecule has 0 aromatic carbocycles. The average Bonchev–Trinajstić information content (AvgIpc) is 2.64. The van der Waals surface area contributed by atoms with Gasteiger partial charge in [-0.1, -0.05) is 31.9 Å². The Bertz CT molecular complexity index is 290. The number of aliphatic carboxylic acids is 2. The molecule has 2 fully saturated rings. The van der Waals surface area contributed by atoms with Crippen molar-refractivity contribution in [2.75, 3.05) is 0 Å². The van der Waals surface area contributed by atoms with Gasteiger partial charge in [-0.05, 0) is 0 Å². The number of carbonyl (C=O) groups is 2. The Labute approximate surface area is 102 Å². The lowest BCUT2D eigenvalue weighted by molar-refractivity contribution is -0.153. The fraction of sp³-hybridized carbons (Fsp3) is 0.750. The van der Waals surface area contributed by atoms with Gasteiger partial charge in [0.2, 0.25) is 0 Å². The SMILES string of the molecule is O=C(O)C1C2OC(C(Br)C2Br)C1C(=O)O. The van der Waals surface area contributed by atoms with Crippen LogP contribution in [0.4, 0.5) is 0 Å². The molecular weight excluding hydrogens is 336 g/mol. The van der Waals surface area contributed by atoms with Gasteiger partial charge in [-0.2, -0.15) is 0 Å². The Morgan fingerprint density at radius 1 is 0.933 bits per heavy atom. The second-order valence-corrected chi connectivity index (χ2v) is 5.80. The molecule has 5 nitrogen and oxygen atoms in total. The number of fused-ring (bicyclic) bond motifs is 2. The number of alkyl halides is 2. The van der Waals surface area contributed by atoms with E-state index in [1.54, 1.807) is 0 Å². The van der Waals surface area contributed by atoms with Crippen LogP contribution in [0.3, 0.4) is 0 Å². The second kappa shape index (κ2) is 3.71. The van der Waals surface area contributed by atoms with Crippen molar-refractivity contribution in [3.05, 3.63) is 0 Å². The molecule has 2 aliphatic heterocycles. The van der Waals surface area contributed by atoms with Gasteiger partial charge in [-0.25, -0.2) is 0 Å². The molecule has 2 bridgehead atoms. The highest BCUT2D eigenvalue weighted by Crippen LogP contribution is 2.49. The quantitative estimate of drug-likeness (QED) is 0.721. The lowest BCUT2D eigenvalue weighted by Gasteiger charge is -2.28. The Morgan fingerprint density at radius 2 is 1.27 bits per heavy atom. The summed E-state index contributed by atoms with van der Waals surface area (Å²) in [5, 5.41) is 18.0. The van der Waals surface area contributed by atoms with Crippen LogP contribution in [0.2, 0.25) is 0 Å². The van der Waals surface area contributed by atoms with Crippen LogP contribution in [-0.2, 0) is 14.3 Å². The molecular formula is C8H8Br2O5. The number of halogens is 2. The third-order valence-corrected chi connectivity index (χ3v) is 5.80. The molecule has 6 atom stereocenters. The van der Waals surface area contributed by atoms with E-state index in [-0.39, 0.29) is 9.65 Å². The highest BCUT2D eigenvalue weighted by Gasteiger charge is 2.63. The zero-order chi connectivity index (χ0) is 11.3. The molecule has 0 radical (unpaired) electrons. The zero-order valence-electron chi connectivity index (χ0n) is 7.34. The van der Waals surface area contributed by atoms with E-state index in [1.165, 1.54) is 0 Å². The van der Waals surface area contributed by atoms with Gasteiger partial charge in [0.1, 0.15) is 0 Å². The molecule has 2 aliphatic rings. The second-order valence-electron chi connectivity index (χ2n) is 3.68. The summed E-state index contributed by atoms with van der Waals surface area (Å²) in [7, 11) is 0. The van der Waals surface area contributed by atoms with E-state index < -0.39 is 36.0 Å². The van der Waals surface area contributed by atoms with Crippen LogP contribution < -0.4 is 0 Å². The predicted octanol–water partition coefficient (Wildman–Crippen LogP) is 0.696. The van der Waals surface area contributed by atoms with Crippen LogP contribution in [0.25, 0.3) is 0 Å². The summed E-state index contributed by atoms with van der Waals surface area (Å²) in [6, 6.07) is 0. The standard InChI is InChI=1S/C8H8Br2O5/c9-3-4(10)6-2(8(13)14)1(7(11)12)5(3)15-6/h1-6H,(H,11,12)(H,13,14). The molecule has 0 spiro atoms. The van der Waals surface area contributed by atoms with Crippen LogP contribution in [0.1, 0.15) is 0 Å². The molecule has 2 N–H and O–H groups in total. The minimum absolute atomic E-state index is 0.154. The molecule has 0 aromatic rings. The van der Waals surface area contributed by atoms with E-state index in [9.17, 15) is 9.59 Å². The molecule has 2 heterocycles. The van der Waals surface area contributed by atoms with Crippen LogP contribution in [0.15, 0.2) is 0 Å². The van der Waals surface area contributed by atoms with Crippen LogP contribution >= 0.6 is 31.9 Å². The molecule has 2 saturated heterocycles. The van der Waals surface area contributed by atoms with Gasteiger partial charge in [-0.3, -0.25) is 9.59 Å². The summed E-state index contributed by atoms with van der Waals surface area (Å²) in [5.41, 5.74) is 0. The first kappa shape index (κ1) is 11.3. The number of carboxylic acids is 2. The van der Waals surface area contributed by atoms with Crippen LogP contribution in [0, 0.1) is 11.8 Å².